The van der Waals surface area contributed by atoms with Crippen molar-refractivity contribution in [3.8, 4) is 28.7 Å². The number of halogens is 4. The summed E-state index contributed by atoms with van der Waals surface area (Å²) in [5.41, 5.74) is 2.89. The van der Waals surface area contributed by atoms with E-state index in [1.165, 1.54) is 24.3 Å². The van der Waals surface area contributed by atoms with Crippen LogP contribution in [0.2, 0.25) is 5.02 Å². The predicted octanol–water partition coefficient (Wildman–Crippen LogP) is 6.35. The molecular weight excluding hydrogens is 457 g/mol. The first-order valence-electron chi connectivity index (χ1n) is 9.76. The summed E-state index contributed by atoms with van der Waals surface area (Å²) in [7, 11) is 0. The zero-order valence-electron chi connectivity index (χ0n) is 16.8. The molecule has 6 nitrogen and oxygen atoms in total. The van der Waals surface area contributed by atoms with Gasteiger partial charge in [-0.05, 0) is 48.0 Å². The van der Waals surface area contributed by atoms with Gasteiger partial charge in [0.15, 0.2) is 5.69 Å². The van der Waals surface area contributed by atoms with Crippen LogP contribution in [0.1, 0.15) is 5.56 Å². The van der Waals surface area contributed by atoms with Crippen molar-refractivity contribution in [2.75, 3.05) is 0 Å². The molecule has 33 heavy (non-hydrogen) atoms. The van der Waals surface area contributed by atoms with Crippen LogP contribution in [0, 0.1) is 0 Å². The highest BCUT2D eigenvalue weighted by atomic mass is 35.5. The number of aromatic nitrogens is 4. The summed E-state index contributed by atoms with van der Waals surface area (Å²) in [6.45, 7) is 0.513. The summed E-state index contributed by atoms with van der Waals surface area (Å²) in [4.78, 5) is 4.40. The van der Waals surface area contributed by atoms with Gasteiger partial charge in [-0.25, -0.2) is 0 Å². The van der Waals surface area contributed by atoms with Gasteiger partial charge in [0.1, 0.15) is 5.75 Å². The van der Waals surface area contributed by atoms with Crippen molar-refractivity contribution in [2.24, 2.45) is 0 Å². The van der Waals surface area contributed by atoms with Gasteiger partial charge in [-0.2, -0.15) is 10.1 Å². The number of rotatable bonds is 5. The number of fused-ring (bicyclic) bond motifs is 1. The lowest BCUT2D eigenvalue weighted by Gasteiger charge is -2.08. The Kier molecular flexibility index (Phi) is 5.26. The van der Waals surface area contributed by atoms with Gasteiger partial charge in [-0.15, -0.1) is 13.2 Å². The summed E-state index contributed by atoms with van der Waals surface area (Å²) in [6.07, 6.45) is -4.76. The molecule has 0 spiro atoms. The van der Waals surface area contributed by atoms with E-state index >= 15 is 0 Å². The van der Waals surface area contributed by atoms with Gasteiger partial charge in [0.2, 0.25) is 5.82 Å². The van der Waals surface area contributed by atoms with Gasteiger partial charge < -0.3 is 9.26 Å². The summed E-state index contributed by atoms with van der Waals surface area (Å²) in [5, 5.41) is 10.1. The molecule has 0 aliphatic heterocycles. The number of hydrogen-bond donors (Lipinski definition) is 0. The van der Waals surface area contributed by atoms with E-state index in [0.29, 0.717) is 22.8 Å². The Morgan fingerprint density at radius 1 is 0.939 bits per heavy atom. The normalized spacial score (nSPS) is 11.8. The molecule has 166 valence electrons. The molecule has 0 aliphatic carbocycles. The molecule has 3 aromatic carbocycles. The molecule has 0 saturated carbocycles. The summed E-state index contributed by atoms with van der Waals surface area (Å²) in [5.74, 6) is 0.0912. The zero-order chi connectivity index (χ0) is 23.0. The highest BCUT2D eigenvalue weighted by Crippen LogP contribution is 2.30. The first-order chi connectivity index (χ1) is 15.9. The van der Waals surface area contributed by atoms with Crippen LogP contribution < -0.4 is 4.74 Å². The standard InChI is InChI=1S/C23H14ClF3N4O2/c24-16-9-5-14(6-10-16)13-31-19-4-2-1-3-18(19)20(29-31)22-28-21(30-33-22)15-7-11-17(12-8-15)32-23(25,26)27/h1-12H,13H2. The number of benzene rings is 3. The minimum absolute atomic E-state index is 0.201. The molecule has 0 N–H and O–H groups in total. The van der Waals surface area contributed by atoms with Crippen molar-refractivity contribution in [2.45, 2.75) is 12.9 Å². The minimum Gasteiger partial charge on any atom is -0.406 e. The van der Waals surface area contributed by atoms with Crippen LogP contribution in [0.15, 0.2) is 77.3 Å². The third kappa shape index (κ3) is 4.54. The first-order valence-corrected chi connectivity index (χ1v) is 10.1. The predicted molar refractivity (Wildman–Crippen MR) is 116 cm³/mol. The van der Waals surface area contributed by atoms with Crippen molar-refractivity contribution in [3.63, 3.8) is 0 Å². The van der Waals surface area contributed by atoms with E-state index in [9.17, 15) is 13.2 Å². The fraction of sp³-hybridized carbons (Fsp3) is 0.0870. The average molecular weight is 471 g/mol. The minimum atomic E-state index is -4.76. The van der Waals surface area contributed by atoms with Crippen LogP contribution in [0.25, 0.3) is 33.9 Å². The molecule has 5 aromatic rings. The molecule has 0 fully saturated rings. The Labute approximate surface area is 190 Å². The number of para-hydroxylation sites is 1. The lowest BCUT2D eigenvalue weighted by atomic mass is 10.2. The Balaban J connectivity index is 1.46. The van der Waals surface area contributed by atoms with E-state index in [4.69, 9.17) is 16.1 Å². The molecule has 0 unspecified atom stereocenters. The van der Waals surface area contributed by atoms with Gasteiger partial charge in [0, 0.05) is 16.0 Å². The molecule has 5 rings (SSSR count). The molecule has 10 heteroatoms. The second kappa shape index (κ2) is 8.25. The van der Waals surface area contributed by atoms with E-state index in [1.807, 2.05) is 53.2 Å². The van der Waals surface area contributed by atoms with Crippen LogP contribution in [-0.4, -0.2) is 26.3 Å². The van der Waals surface area contributed by atoms with Gasteiger partial charge in [-0.3, -0.25) is 4.68 Å². The molecule has 2 aromatic heterocycles. The third-order valence-corrected chi connectivity index (χ3v) is 5.13. The largest absolute Gasteiger partial charge is 0.573 e. The third-order valence-electron chi connectivity index (χ3n) is 4.88. The molecule has 0 amide bonds. The Bertz CT molecular complexity index is 1410. The monoisotopic (exact) mass is 470 g/mol. The highest BCUT2D eigenvalue weighted by molar-refractivity contribution is 6.30. The topological polar surface area (TPSA) is 66.0 Å². The Hall–Kier alpha value is -3.85. The van der Waals surface area contributed by atoms with Crippen LogP contribution in [0.3, 0.4) is 0 Å². The van der Waals surface area contributed by atoms with E-state index in [2.05, 4.69) is 20.0 Å². The number of alkyl halides is 3. The lowest BCUT2D eigenvalue weighted by molar-refractivity contribution is -0.274. The van der Waals surface area contributed by atoms with Crippen molar-refractivity contribution in [1.29, 1.82) is 0 Å². The molecule has 2 heterocycles. The average Bonchev–Trinajstić information content (AvgIpc) is 3.40. The molecule has 0 aliphatic rings. The van der Waals surface area contributed by atoms with E-state index < -0.39 is 6.36 Å². The molecule has 0 saturated heterocycles. The van der Waals surface area contributed by atoms with Crippen molar-refractivity contribution >= 4 is 22.5 Å². The second-order valence-electron chi connectivity index (χ2n) is 7.15. The maximum Gasteiger partial charge on any atom is 0.573 e. The van der Waals surface area contributed by atoms with Crippen LogP contribution in [0.4, 0.5) is 13.2 Å². The number of ether oxygens (including phenoxy) is 1. The van der Waals surface area contributed by atoms with Crippen LogP contribution >= 0.6 is 11.6 Å². The Morgan fingerprint density at radius 2 is 1.67 bits per heavy atom. The molecule has 0 radical (unpaired) electrons. The molecule has 0 atom stereocenters. The zero-order valence-corrected chi connectivity index (χ0v) is 17.5. The van der Waals surface area contributed by atoms with E-state index in [-0.39, 0.29) is 17.5 Å². The van der Waals surface area contributed by atoms with E-state index in [1.54, 1.807) is 0 Å². The molecule has 0 bridgehead atoms. The van der Waals surface area contributed by atoms with Gasteiger partial charge in [0.05, 0.1) is 12.1 Å². The second-order valence-corrected chi connectivity index (χ2v) is 7.58. The maximum absolute atomic E-state index is 12.4. The van der Waals surface area contributed by atoms with Gasteiger partial charge >= 0.3 is 6.36 Å². The summed E-state index contributed by atoms with van der Waals surface area (Å²) < 4.78 is 48.3. The number of hydrogen-bond acceptors (Lipinski definition) is 5. The van der Waals surface area contributed by atoms with Crippen molar-refractivity contribution < 1.29 is 22.4 Å². The quantitative estimate of drug-likeness (QED) is 0.299. The lowest BCUT2D eigenvalue weighted by Crippen LogP contribution is -2.16. The van der Waals surface area contributed by atoms with Gasteiger partial charge in [0.25, 0.3) is 5.89 Å². The first kappa shape index (κ1) is 21.0. The number of nitrogens with zero attached hydrogens (tertiary/aromatic N) is 4. The maximum atomic E-state index is 12.4. The SMILES string of the molecule is FC(F)(F)Oc1ccc(-c2noc(-c3nn(Cc4ccc(Cl)cc4)c4ccccc34)n2)cc1. The molecular formula is C23H14ClF3N4O2. The Morgan fingerprint density at radius 3 is 2.39 bits per heavy atom. The van der Waals surface area contributed by atoms with Crippen LogP contribution in [-0.2, 0) is 6.54 Å². The van der Waals surface area contributed by atoms with E-state index in [0.717, 1.165) is 16.5 Å². The summed E-state index contributed by atoms with van der Waals surface area (Å²) in [6, 6.07) is 20.4. The van der Waals surface area contributed by atoms with Crippen molar-refractivity contribution in [3.05, 3.63) is 83.4 Å². The summed E-state index contributed by atoms with van der Waals surface area (Å²) >= 11 is 5.98. The van der Waals surface area contributed by atoms with Gasteiger partial charge in [-0.1, -0.05) is 47.1 Å². The fourth-order valence-corrected chi connectivity index (χ4v) is 3.54. The van der Waals surface area contributed by atoms with Crippen molar-refractivity contribution in [1.82, 2.24) is 19.9 Å². The smallest absolute Gasteiger partial charge is 0.406 e. The van der Waals surface area contributed by atoms with Crippen LogP contribution in [0.5, 0.6) is 5.75 Å². The fourth-order valence-electron chi connectivity index (χ4n) is 3.41. The highest BCUT2D eigenvalue weighted by Gasteiger charge is 2.31.